The van der Waals surface area contributed by atoms with E-state index < -0.39 is 0 Å². The molecule has 6 heteroatoms. The van der Waals surface area contributed by atoms with Gasteiger partial charge in [0.05, 0.1) is 19.5 Å². The minimum absolute atomic E-state index is 0.284. The molecule has 1 aromatic heterocycles. The lowest BCUT2D eigenvalue weighted by atomic mass is 10.0. The third kappa shape index (κ3) is 3.74. The van der Waals surface area contributed by atoms with Crippen molar-refractivity contribution in [3.05, 3.63) is 77.7 Å². The van der Waals surface area contributed by atoms with Crippen LogP contribution >= 0.6 is 0 Å². The van der Waals surface area contributed by atoms with Crippen molar-refractivity contribution in [3.8, 4) is 5.75 Å². The van der Waals surface area contributed by atoms with Gasteiger partial charge < -0.3 is 15.0 Å². The second-order valence-electron chi connectivity index (χ2n) is 6.38. The van der Waals surface area contributed by atoms with Crippen LogP contribution in [0.3, 0.4) is 0 Å². The number of carbonyl (C=O) groups excluding carboxylic acids is 1. The number of rotatable bonds is 4. The van der Waals surface area contributed by atoms with E-state index in [9.17, 15) is 4.79 Å². The fourth-order valence-corrected chi connectivity index (χ4v) is 3.16. The van der Waals surface area contributed by atoms with Gasteiger partial charge in [0.2, 0.25) is 0 Å². The standard InChI is InChI=1S/C21H20N4O2/c1-27-18-8-6-17(7-9-18)24-21(26)19-12-23-20(13-22-19)25-11-10-15-4-2-3-5-16(15)14-25/h2-9,12-13H,10-11,14H2,1H3,(H,24,26). The molecule has 2 heterocycles. The maximum absolute atomic E-state index is 12.4. The summed E-state index contributed by atoms with van der Waals surface area (Å²) >= 11 is 0. The number of carbonyl (C=O) groups is 1. The third-order valence-corrected chi connectivity index (χ3v) is 4.67. The lowest BCUT2D eigenvalue weighted by Crippen LogP contribution is -2.31. The van der Waals surface area contributed by atoms with Gasteiger partial charge in [-0.15, -0.1) is 0 Å². The number of ether oxygens (including phenoxy) is 1. The Morgan fingerprint density at radius 1 is 1.04 bits per heavy atom. The molecule has 0 bridgehead atoms. The second-order valence-corrected chi connectivity index (χ2v) is 6.38. The molecule has 6 nitrogen and oxygen atoms in total. The zero-order valence-corrected chi connectivity index (χ0v) is 15.1. The third-order valence-electron chi connectivity index (χ3n) is 4.67. The summed E-state index contributed by atoms with van der Waals surface area (Å²) in [6.07, 6.45) is 4.17. The normalized spacial score (nSPS) is 13.0. The highest BCUT2D eigenvalue weighted by Gasteiger charge is 2.18. The Hall–Kier alpha value is -3.41. The Morgan fingerprint density at radius 2 is 1.81 bits per heavy atom. The number of aromatic nitrogens is 2. The summed E-state index contributed by atoms with van der Waals surface area (Å²) in [7, 11) is 1.60. The van der Waals surface area contributed by atoms with Gasteiger partial charge in [0.1, 0.15) is 17.3 Å². The lowest BCUT2D eigenvalue weighted by molar-refractivity contribution is 0.102. The number of amides is 1. The van der Waals surface area contributed by atoms with Gasteiger partial charge in [-0.2, -0.15) is 0 Å². The number of benzene rings is 2. The first-order chi connectivity index (χ1) is 13.2. The molecule has 4 rings (SSSR count). The van der Waals surface area contributed by atoms with Gasteiger partial charge in [0, 0.05) is 18.8 Å². The molecule has 0 unspecified atom stereocenters. The van der Waals surface area contributed by atoms with Crippen LogP contribution in [0.4, 0.5) is 11.5 Å². The first-order valence-corrected chi connectivity index (χ1v) is 8.82. The largest absolute Gasteiger partial charge is 0.497 e. The number of hydrogen-bond acceptors (Lipinski definition) is 5. The highest BCUT2D eigenvalue weighted by Crippen LogP contribution is 2.22. The minimum Gasteiger partial charge on any atom is -0.497 e. The van der Waals surface area contributed by atoms with E-state index in [4.69, 9.17) is 4.74 Å². The van der Waals surface area contributed by atoms with Crippen molar-refractivity contribution < 1.29 is 9.53 Å². The van der Waals surface area contributed by atoms with Crippen molar-refractivity contribution in [1.29, 1.82) is 0 Å². The van der Waals surface area contributed by atoms with E-state index in [0.717, 1.165) is 31.1 Å². The van der Waals surface area contributed by atoms with E-state index in [2.05, 4.69) is 44.5 Å². The van der Waals surface area contributed by atoms with Crippen molar-refractivity contribution in [1.82, 2.24) is 9.97 Å². The van der Waals surface area contributed by atoms with E-state index in [1.807, 2.05) is 0 Å². The second kappa shape index (κ2) is 7.45. The first kappa shape index (κ1) is 17.0. The number of nitrogens with one attached hydrogen (secondary N) is 1. The highest BCUT2D eigenvalue weighted by molar-refractivity contribution is 6.02. The smallest absolute Gasteiger partial charge is 0.275 e. The molecule has 0 spiro atoms. The summed E-state index contributed by atoms with van der Waals surface area (Å²) in [5, 5.41) is 2.81. The summed E-state index contributed by atoms with van der Waals surface area (Å²) in [5.41, 5.74) is 3.66. The molecule has 1 aliphatic heterocycles. The molecule has 1 aliphatic rings. The molecule has 136 valence electrons. The van der Waals surface area contributed by atoms with Crippen LogP contribution in [0.5, 0.6) is 5.75 Å². The maximum Gasteiger partial charge on any atom is 0.275 e. The van der Waals surface area contributed by atoms with E-state index >= 15 is 0 Å². The summed E-state index contributed by atoms with van der Waals surface area (Å²) in [6.45, 7) is 1.70. The van der Waals surface area contributed by atoms with Crippen LogP contribution in [-0.4, -0.2) is 29.5 Å². The Balaban J connectivity index is 1.43. The Kier molecular flexibility index (Phi) is 4.70. The summed E-state index contributed by atoms with van der Waals surface area (Å²) in [4.78, 5) is 23.3. The molecular weight excluding hydrogens is 340 g/mol. The van der Waals surface area contributed by atoms with Gasteiger partial charge in [-0.1, -0.05) is 24.3 Å². The number of hydrogen-bond donors (Lipinski definition) is 1. The van der Waals surface area contributed by atoms with Crippen LogP contribution < -0.4 is 15.0 Å². The topological polar surface area (TPSA) is 67.3 Å². The van der Waals surface area contributed by atoms with Gasteiger partial charge in [0.15, 0.2) is 0 Å². The quantitative estimate of drug-likeness (QED) is 0.773. The molecule has 0 fully saturated rings. The van der Waals surface area contributed by atoms with Gasteiger partial charge in [-0.25, -0.2) is 9.97 Å². The molecule has 1 N–H and O–H groups in total. The molecule has 0 aliphatic carbocycles. The summed E-state index contributed by atoms with van der Waals surface area (Å²) in [6, 6.07) is 15.6. The van der Waals surface area contributed by atoms with Crippen LogP contribution in [0.15, 0.2) is 60.9 Å². The number of fused-ring (bicyclic) bond motifs is 1. The molecule has 2 aromatic carbocycles. The van der Waals surface area contributed by atoms with Crippen LogP contribution in [0, 0.1) is 0 Å². The van der Waals surface area contributed by atoms with Crippen molar-refractivity contribution in [2.24, 2.45) is 0 Å². The zero-order chi connectivity index (χ0) is 18.6. The number of anilines is 2. The Bertz CT molecular complexity index is 939. The van der Waals surface area contributed by atoms with Gasteiger partial charge in [0.25, 0.3) is 5.91 Å². The summed E-state index contributed by atoms with van der Waals surface area (Å²) in [5.74, 6) is 1.23. The zero-order valence-electron chi connectivity index (χ0n) is 15.1. The minimum atomic E-state index is -0.289. The van der Waals surface area contributed by atoms with E-state index in [1.54, 1.807) is 37.6 Å². The fraction of sp³-hybridized carbons (Fsp3) is 0.190. The maximum atomic E-state index is 12.4. The van der Waals surface area contributed by atoms with Crippen LogP contribution in [0.25, 0.3) is 0 Å². The van der Waals surface area contributed by atoms with Crippen LogP contribution in [-0.2, 0) is 13.0 Å². The van der Waals surface area contributed by atoms with Crippen molar-refractivity contribution in [2.75, 3.05) is 23.9 Å². The van der Waals surface area contributed by atoms with E-state index in [1.165, 1.54) is 17.3 Å². The van der Waals surface area contributed by atoms with Crippen molar-refractivity contribution in [3.63, 3.8) is 0 Å². The van der Waals surface area contributed by atoms with E-state index in [0.29, 0.717) is 5.69 Å². The molecule has 27 heavy (non-hydrogen) atoms. The molecular formula is C21H20N4O2. The molecule has 3 aromatic rings. The monoisotopic (exact) mass is 360 g/mol. The predicted molar refractivity (Wildman–Crippen MR) is 104 cm³/mol. The van der Waals surface area contributed by atoms with Gasteiger partial charge >= 0.3 is 0 Å². The van der Waals surface area contributed by atoms with Crippen molar-refractivity contribution >= 4 is 17.4 Å². The van der Waals surface area contributed by atoms with Gasteiger partial charge in [-0.05, 0) is 41.8 Å². The molecule has 0 saturated carbocycles. The molecule has 0 radical (unpaired) electrons. The number of methoxy groups -OCH3 is 1. The first-order valence-electron chi connectivity index (χ1n) is 8.82. The highest BCUT2D eigenvalue weighted by atomic mass is 16.5. The average molecular weight is 360 g/mol. The molecule has 0 saturated heterocycles. The number of nitrogens with zero attached hydrogens (tertiary/aromatic N) is 3. The lowest BCUT2D eigenvalue weighted by Gasteiger charge is -2.29. The molecule has 1 amide bonds. The van der Waals surface area contributed by atoms with Crippen LogP contribution in [0.1, 0.15) is 21.6 Å². The fourth-order valence-electron chi connectivity index (χ4n) is 3.16. The molecule has 0 atom stereocenters. The predicted octanol–water partition coefficient (Wildman–Crippen LogP) is 3.30. The average Bonchev–Trinajstić information content (AvgIpc) is 2.74. The van der Waals surface area contributed by atoms with Crippen molar-refractivity contribution in [2.45, 2.75) is 13.0 Å². The van der Waals surface area contributed by atoms with E-state index in [-0.39, 0.29) is 11.6 Å². The Labute approximate surface area is 157 Å². The SMILES string of the molecule is COc1ccc(NC(=O)c2cnc(N3CCc4ccccc4C3)cn2)cc1. The van der Waals surface area contributed by atoms with Crippen LogP contribution in [0.2, 0.25) is 0 Å². The summed E-state index contributed by atoms with van der Waals surface area (Å²) < 4.78 is 5.11. The Morgan fingerprint density at radius 3 is 2.52 bits per heavy atom. The van der Waals surface area contributed by atoms with Gasteiger partial charge in [-0.3, -0.25) is 4.79 Å².